The second kappa shape index (κ2) is 13.4. The average molecular weight is 754 g/mol. The van der Waals surface area contributed by atoms with E-state index in [1.165, 1.54) is 0 Å². The van der Waals surface area contributed by atoms with Crippen LogP contribution >= 0.6 is 11.6 Å². The lowest BCUT2D eigenvalue weighted by molar-refractivity contribution is -0.150. The Morgan fingerprint density at radius 2 is 1.70 bits per heavy atom. The highest BCUT2D eigenvalue weighted by atomic mass is 35.5. The summed E-state index contributed by atoms with van der Waals surface area (Å²) in [6, 6.07) is 26.9. The molecule has 1 N–H and O–H groups in total. The van der Waals surface area contributed by atoms with Gasteiger partial charge in [0, 0.05) is 34.3 Å². The molecule has 0 aliphatic carbocycles. The molecule has 4 aromatic rings. The Morgan fingerprint density at radius 1 is 0.981 bits per heavy atom. The molecule has 0 bridgehead atoms. The Labute approximate surface area is 314 Å². The summed E-state index contributed by atoms with van der Waals surface area (Å²) in [5.41, 5.74) is 1.46. The van der Waals surface area contributed by atoms with E-state index in [9.17, 15) is 19.5 Å². The van der Waals surface area contributed by atoms with Crippen LogP contribution < -0.4 is 14.5 Å². The first-order chi connectivity index (χ1) is 25.4. The van der Waals surface area contributed by atoms with Gasteiger partial charge in [0.25, 0.3) is 11.8 Å². The van der Waals surface area contributed by atoms with Crippen LogP contribution in [0.5, 0.6) is 11.5 Å². The number of nitrogens with zero attached hydrogens (tertiary/aromatic N) is 3. The molecular formula is C41H41ClFN3O6Si. The summed E-state index contributed by atoms with van der Waals surface area (Å²) in [4.78, 5) is 47.4. The Morgan fingerprint density at radius 3 is 2.43 bits per heavy atom. The van der Waals surface area contributed by atoms with E-state index in [0.29, 0.717) is 57.7 Å². The van der Waals surface area contributed by atoms with Crippen LogP contribution in [-0.2, 0) is 26.5 Å². The first-order valence-corrected chi connectivity index (χ1v) is 21.4. The number of benzene rings is 4. The summed E-state index contributed by atoms with van der Waals surface area (Å²) in [5.74, 6) is -0.319. The molecule has 4 aliphatic rings. The van der Waals surface area contributed by atoms with Crippen molar-refractivity contribution in [2.75, 3.05) is 23.0 Å². The van der Waals surface area contributed by atoms with Crippen molar-refractivity contribution in [3.63, 3.8) is 0 Å². The smallest absolute Gasteiger partial charge is 0.266 e. The molecule has 4 aromatic carbocycles. The predicted octanol–water partition coefficient (Wildman–Crippen LogP) is 8.12. The number of likely N-dealkylation sites (tertiary alicyclic amines) is 1. The molecule has 3 amide bonds. The number of para-hydroxylation sites is 3. The van der Waals surface area contributed by atoms with E-state index in [-0.39, 0.29) is 43.3 Å². The maximum absolute atomic E-state index is 16.4. The van der Waals surface area contributed by atoms with Gasteiger partial charge in [-0.3, -0.25) is 19.3 Å². The molecule has 1 spiro atoms. The zero-order valence-corrected chi connectivity index (χ0v) is 31.6. The van der Waals surface area contributed by atoms with E-state index in [1.54, 1.807) is 64.2 Å². The molecular weight excluding hydrogens is 713 g/mol. The molecule has 0 saturated carbocycles. The third-order valence-electron chi connectivity index (χ3n) is 11.4. The fraction of sp³-hybridized carbons (Fsp3) is 0.341. The summed E-state index contributed by atoms with van der Waals surface area (Å²) in [5, 5.41) is 10.3. The quantitative estimate of drug-likeness (QED) is 0.151. The third-order valence-corrected chi connectivity index (χ3v) is 14.1. The number of halogens is 2. The van der Waals surface area contributed by atoms with Gasteiger partial charge in [-0.2, -0.15) is 0 Å². The SMILES string of the molecule is C[C@@H]1[C@@H]([Si](C)(C)F)[C@H](CC(=O)N2CCC[C@H]2CO)O[C@@]12C(=O)N(Cc1ccc(N3C(=O)c4ccccc4Oc4ccccc43)cc1)c1ccc(Cl)cc12. The second-order valence-corrected chi connectivity index (χ2v) is 19.2. The summed E-state index contributed by atoms with van der Waals surface area (Å²) in [7, 11) is -3.51. The Balaban J connectivity index is 1.11. The first kappa shape index (κ1) is 35.5. The van der Waals surface area contributed by atoms with E-state index in [1.807, 2.05) is 61.5 Å². The normalized spacial score (nSPS) is 25.0. The van der Waals surface area contributed by atoms with Gasteiger partial charge in [0.05, 0.1) is 48.7 Å². The van der Waals surface area contributed by atoms with Gasteiger partial charge in [-0.1, -0.05) is 54.9 Å². The van der Waals surface area contributed by atoms with E-state index in [2.05, 4.69) is 0 Å². The minimum absolute atomic E-state index is 0.0773. The predicted molar refractivity (Wildman–Crippen MR) is 203 cm³/mol. The second-order valence-electron chi connectivity index (χ2n) is 15.0. The van der Waals surface area contributed by atoms with E-state index < -0.39 is 31.6 Å². The molecule has 53 heavy (non-hydrogen) atoms. The lowest BCUT2D eigenvalue weighted by atomic mass is 9.82. The lowest BCUT2D eigenvalue weighted by Gasteiger charge is -2.31. The zero-order valence-electron chi connectivity index (χ0n) is 29.8. The summed E-state index contributed by atoms with van der Waals surface area (Å²) < 4.78 is 29.3. The summed E-state index contributed by atoms with van der Waals surface area (Å²) >= 11 is 6.56. The molecule has 9 nitrogen and oxygen atoms in total. The van der Waals surface area contributed by atoms with E-state index in [4.69, 9.17) is 21.1 Å². The first-order valence-electron chi connectivity index (χ1n) is 18.1. The van der Waals surface area contributed by atoms with Crippen LogP contribution in [-0.4, -0.2) is 61.4 Å². The highest BCUT2D eigenvalue weighted by Crippen LogP contribution is 2.60. The number of fused-ring (bicyclic) bond motifs is 4. The van der Waals surface area contributed by atoms with Crippen molar-refractivity contribution in [3.8, 4) is 11.5 Å². The van der Waals surface area contributed by atoms with Gasteiger partial charge in [0.1, 0.15) is 5.75 Å². The van der Waals surface area contributed by atoms with Crippen LogP contribution in [0, 0.1) is 5.92 Å². The van der Waals surface area contributed by atoms with Gasteiger partial charge in [0.2, 0.25) is 14.3 Å². The van der Waals surface area contributed by atoms with Crippen LogP contribution in [0.3, 0.4) is 0 Å². The van der Waals surface area contributed by atoms with Crippen LogP contribution in [0.15, 0.2) is 91.0 Å². The number of carbonyl (C=O) groups excluding carboxylic acids is 3. The standard InChI is InChI=1S/C41H41ClFN3O6Si/c1-25-38(53(2,3)43)36(22-37(48)44-20-8-9-29(44)24-47)52-41(25)31-21-27(42)16-19-32(31)45(40(41)50)23-26-14-17-28(18-15-26)46-33-11-5-7-13-35(33)51-34-12-6-4-10-30(34)39(46)49/h4-7,10-19,21,25,29,36,38,47H,8-9,20,22-24H2,1-3H3/t25-,29+,36+,38-,41+/m1/s1. The summed E-state index contributed by atoms with van der Waals surface area (Å²) in [6.07, 6.45) is 0.597. The van der Waals surface area contributed by atoms with Gasteiger partial charge in [-0.25, -0.2) is 0 Å². The van der Waals surface area contributed by atoms with Gasteiger partial charge >= 0.3 is 0 Å². The fourth-order valence-electron chi connectivity index (χ4n) is 9.02. The van der Waals surface area contributed by atoms with Crippen LogP contribution in [0.25, 0.3) is 0 Å². The Hall–Kier alpha value is -4.55. The van der Waals surface area contributed by atoms with Gasteiger partial charge in [-0.15, -0.1) is 0 Å². The van der Waals surface area contributed by atoms with Crippen molar-refractivity contribution >= 4 is 54.8 Å². The van der Waals surface area contributed by atoms with Crippen LogP contribution in [0.1, 0.15) is 47.7 Å². The number of amides is 3. The van der Waals surface area contributed by atoms with Gasteiger partial charge in [-0.05, 0) is 86.1 Å². The molecule has 12 heteroatoms. The van der Waals surface area contributed by atoms with Crippen molar-refractivity contribution in [1.29, 1.82) is 0 Å². The van der Waals surface area contributed by atoms with Crippen molar-refractivity contribution in [3.05, 3.63) is 113 Å². The number of aliphatic hydroxyl groups is 1. The van der Waals surface area contributed by atoms with Crippen molar-refractivity contribution in [1.82, 2.24) is 4.90 Å². The molecule has 2 fully saturated rings. The number of carbonyl (C=O) groups is 3. The highest BCUT2D eigenvalue weighted by Gasteiger charge is 2.67. The topological polar surface area (TPSA) is 99.6 Å². The molecule has 4 heterocycles. The monoisotopic (exact) mass is 753 g/mol. The molecule has 274 valence electrons. The number of hydrogen-bond donors (Lipinski definition) is 1. The van der Waals surface area contributed by atoms with Gasteiger partial charge in [0.15, 0.2) is 11.4 Å². The minimum Gasteiger partial charge on any atom is -0.454 e. The molecule has 0 radical (unpaired) electrons. The Bertz CT molecular complexity index is 2110. The zero-order chi connectivity index (χ0) is 37.2. The molecule has 4 aliphatic heterocycles. The number of aliphatic hydroxyl groups excluding tert-OH is 1. The summed E-state index contributed by atoms with van der Waals surface area (Å²) in [6.45, 7) is 5.65. The largest absolute Gasteiger partial charge is 0.454 e. The molecule has 0 unspecified atom stereocenters. The highest BCUT2D eigenvalue weighted by molar-refractivity contribution is 6.72. The van der Waals surface area contributed by atoms with Crippen molar-refractivity contribution < 1.29 is 33.1 Å². The number of ether oxygens (including phenoxy) is 2. The number of hydrogen-bond acceptors (Lipinski definition) is 6. The van der Waals surface area contributed by atoms with Crippen molar-refractivity contribution in [2.24, 2.45) is 5.92 Å². The minimum atomic E-state index is -3.51. The maximum atomic E-state index is 16.4. The number of anilines is 3. The van der Waals surface area contributed by atoms with Gasteiger partial charge < -0.3 is 28.5 Å². The number of rotatable bonds is 7. The third kappa shape index (κ3) is 5.85. The molecule has 0 aromatic heterocycles. The lowest BCUT2D eigenvalue weighted by Crippen LogP contribution is -2.45. The van der Waals surface area contributed by atoms with E-state index in [0.717, 1.165) is 12.0 Å². The maximum Gasteiger partial charge on any atom is 0.266 e. The fourth-order valence-corrected chi connectivity index (χ4v) is 11.7. The molecule has 2 saturated heterocycles. The van der Waals surface area contributed by atoms with E-state index >= 15 is 4.11 Å². The van der Waals surface area contributed by atoms with Crippen molar-refractivity contribution in [2.45, 2.75) is 69.1 Å². The Kier molecular flexibility index (Phi) is 8.96. The molecule has 5 atom stereocenters. The van der Waals surface area contributed by atoms with Crippen LogP contribution in [0.2, 0.25) is 23.7 Å². The van der Waals surface area contributed by atoms with Crippen LogP contribution in [0.4, 0.5) is 21.2 Å². The average Bonchev–Trinajstić information content (AvgIpc) is 3.77. The molecule has 8 rings (SSSR count).